The first-order valence-corrected chi connectivity index (χ1v) is 7.71. The summed E-state index contributed by atoms with van der Waals surface area (Å²) in [5, 5.41) is 73.3. The highest BCUT2D eigenvalue weighted by Crippen LogP contribution is 2.04. The van der Waals surface area contributed by atoms with Gasteiger partial charge < -0.3 is 61.5 Å². The molecule has 0 bridgehead atoms. The van der Waals surface area contributed by atoms with Crippen molar-refractivity contribution in [2.75, 3.05) is 13.2 Å². The van der Waals surface area contributed by atoms with Crippen LogP contribution in [0.1, 0.15) is 6.92 Å². The van der Waals surface area contributed by atoms with Crippen LogP contribution in [-0.2, 0) is 14.4 Å². The number of hydrogen-bond donors (Lipinski definition) is 10. The molecule has 0 radical (unpaired) electrons. The smallest absolute Gasteiger partial charge is 0.217 e. The zero-order valence-electron chi connectivity index (χ0n) is 14.6. The van der Waals surface area contributed by atoms with E-state index < -0.39 is 67.8 Å². The predicted octanol–water partition coefficient (Wildman–Crippen LogP) is -6.65. The average molecular weight is 400 g/mol. The lowest BCUT2D eigenvalue weighted by Gasteiger charge is -2.25. The monoisotopic (exact) mass is 400 g/mol. The molecule has 0 fully saturated rings. The number of amides is 1. The number of aldehydes is 2. The maximum absolute atomic E-state index is 10.6. The molecule has 0 saturated heterocycles. The Morgan fingerprint density at radius 2 is 1.26 bits per heavy atom. The fourth-order valence-corrected chi connectivity index (χ4v) is 1.63. The number of carbonyl (C=O) groups is 3. The molecule has 1 amide bonds. The maximum atomic E-state index is 10.6. The number of aliphatic hydroxyl groups excluding tert-OH is 8. The van der Waals surface area contributed by atoms with Gasteiger partial charge in [-0.15, -0.1) is 0 Å². The Kier molecular flexibility index (Phi) is 14.9. The van der Waals surface area contributed by atoms with Crippen LogP contribution in [-0.4, -0.2) is 121 Å². The highest BCUT2D eigenvalue weighted by atomic mass is 16.4. The largest absolute Gasteiger partial charge is 0.394 e. The van der Waals surface area contributed by atoms with Crippen LogP contribution in [0.15, 0.2) is 0 Å². The van der Waals surface area contributed by atoms with E-state index in [2.05, 4.69) is 5.32 Å². The van der Waals surface area contributed by atoms with Gasteiger partial charge >= 0.3 is 0 Å². The van der Waals surface area contributed by atoms with Crippen LogP contribution in [0.5, 0.6) is 0 Å². The van der Waals surface area contributed by atoms with Crippen LogP contribution in [0.25, 0.3) is 0 Å². The summed E-state index contributed by atoms with van der Waals surface area (Å²) in [5.41, 5.74) is 5.04. The molecule has 8 atom stereocenters. The Hall–Kier alpha value is -1.55. The zero-order valence-corrected chi connectivity index (χ0v) is 14.6. The van der Waals surface area contributed by atoms with E-state index in [1.165, 1.54) is 0 Å². The highest BCUT2D eigenvalue weighted by Gasteiger charge is 2.31. The third kappa shape index (κ3) is 10.4. The molecule has 0 rings (SSSR count). The van der Waals surface area contributed by atoms with E-state index in [0.717, 1.165) is 6.92 Å². The minimum absolute atomic E-state index is 0.235. The van der Waals surface area contributed by atoms with Gasteiger partial charge in [-0.2, -0.15) is 0 Å². The maximum Gasteiger partial charge on any atom is 0.217 e. The van der Waals surface area contributed by atoms with Gasteiger partial charge in [-0.1, -0.05) is 0 Å². The molecule has 160 valence electrons. The average Bonchev–Trinajstić information content (AvgIpc) is 2.67. The third-order valence-electron chi connectivity index (χ3n) is 3.30. The summed E-state index contributed by atoms with van der Waals surface area (Å²) < 4.78 is 0. The fraction of sp³-hybridized carbons (Fsp3) is 0.786. The molecule has 13 nitrogen and oxygen atoms in total. The van der Waals surface area contributed by atoms with Crippen LogP contribution in [0.2, 0.25) is 0 Å². The van der Waals surface area contributed by atoms with Crippen molar-refractivity contribution in [1.82, 2.24) is 5.32 Å². The van der Waals surface area contributed by atoms with Crippen LogP contribution in [0, 0.1) is 0 Å². The van der Waals surface area contributed by atoms with Crippen molar-refractivity contribution in [2.24, 2.45) is 5.73 Å². The van der Waals surface area contributed by atoms with Gasteiger partial charge in [0, 0.05) is 6.92 Å². The Morgan fingerprint density at radius 1 is 0.852 bits per heavy atom. The molecule has 0 aromatic heterocycles. The van der Waals surface area contributed by atoms with Crippen molar-refractivity contribution < 1.29 is 55.2 Å². The van der Waals surface area contributed by atoms with Crippen molar-refractivity contribution >= 4 is 18.5 Å². The Bertz CT molecular complexity index is 439. The van der Waals surface area contributed by atoms with Crippen molar-refractivity contribution in [3.05, 3.63) is 0 Å². The summed E-state index contributed by atoms with van der Waals surface area (Å²) >= 11 is 0. The van der Waals surface area contributed by atoms with E-state index in [1.807, 2.05) is 0 Å². The lowest BCUT2D eigenvalue weighted by molar-refractivity contribution is -0.129. The number of aliphatic hydroxyl groups is 8. The molecule has 0 spiro atoms. The molecule has 0 aliphatic carbocycles. The number of nitrogens with two attached hydrogens (primary N) is 1. The molecule has 13 heteroatoms. The van der Waals surface area contributed by atoms with Gasteiger partial charge in [-0.25, -0.2) is 0 Å². The number of nitrogens with one attached hydrogen (secondary N) is 1. The second-order valence-electron chi connectivity index (χ2n) is 5.54. The minimum Gasteiger partial charge on any atom is -0.394 e. The van der Waals surface area contributed by atoms with Crippen LogP contribution in [0.3, 0.4) is 0 Å². The van der Waals surface area contributed by atoms with E-state index in [1.54, 1.807) is 0 Å². The molecule has 0 aliphatic heterocycles. The topological polar surface area (TPSA) is 251 Å². The van der Waals surface area contributed by atoms with Crippen molar-refractivity contribution in [2.45, 2.75) is 55.6 Å². The number of rotatable bonds is 11. The molecule has 27 heavy (non-hydrogen) atoms. The van der Waals surface area contributed by atoms with Crippen molar-refractivity contribution in [3.63, 3.8) is 0 Å². The summed E-state index contributed by atoms with van der Waals surface area (Å²) in [7, 11) is 0. The van der Waals surface area contributed by atoms with E-state index in [9.17, 15) is 24.6 Å². The first kappa shape index (κ1) is 27.7. The SMILES string of the molecule is CC(=O)N[C@@H](C=O)[C@@H](O)[C@@H](O)[C@H](O)CO.N[C@@H](C=O)[C@@H](O)[C@@H](O)[C@H](O)CO. The minimum atomic E-state index is -1.71. The van der Waals surface area contributed by atoms with Crippen LogP contribution >= 0.6 is 0 Å². The first-order valence-electron chi connectivity index (χ1n) is 7.71. The second kappa shape index (κ2) is 14.5. The summed E-state index contributed by atoms with van der Waals surface area (Å²) in [6, 6.07) is -2.58. The molecule has 0 aromatic carbocycles. The highest BCUT2D eigenvalue weighted by molar-refractivity contribution is 5.77. The normalized spacial score (nSPS) is 19.8. The van der Waals surface area contributed by atoms with Gasteiger partial charge in [0.25, 0.3) is 0 Å². The number of hydrogen-bond acceptors (Lipinski definition) is 12. The zero-order chi connectivity index (χ0) is 21.7. The fourth-order valence-electron chi connectivity index (χ4n) is 1.63. The Balaban J connectivity index is 0. The van der Waals surface area contributed by atoms with Gasteiger partial charge in [-0.3, -0.25) is 4.79 Å². The van der Waals surface area contributed by atoms with Crippen molar-refractivity contribution in [1.29, 1.82) is 0 Å². The van der Waals surface area contributed by atoms with Crippen LogP contribution in [0.4, 0.5) is 0 Å². The summed E-state index contributed by atoms with van der Waals surface area (Å²) in [5.74, 6) is -0.558. The predicted molar refractivity (Wildman–Crippen MR) is 87.9 cm³/mol. The first-order chi connectivity index (χ1) is 12.5. The Labute approximate surface area is 154 Å². The lowest BCUT2D eigenvalue weighted by atomic mass is 10.0. The van der Waals surface area contributed by atoms with Gasteiger partial charge in [0.05, 0.1) is 19.3 Å². The van der Waals surface area contributed by atoms with Gasteiger partial charge in [0.15, 0.2) is 0 Å². The third-order valence-corrected chi connectivity index (χ3v) is 3.30. The molecular formula is C14H28N2O11. The molecule has 11 N–H and O–H groups in total. The van der Waals surface area contributed by atoms with Crippen LogP contribution < -0.4 is 11.1 Å². The van der Waals surface area contributed by atoms with E-state index >= 15 is 0 Å². The molecule has 0 saturated carbocycles. The van der Waals surface area contributed by atoms with Gasteiger partial charge in [0.1, 0.15) is 55.2 Å². The standard InChI is InChI=1S/C8H15NO6.C6H13NO5/c1-4(12)9-5(2-10)7(14)8(15)6(13)3-11;7-3(1-8)5(11)6(12)4(10)2-9/h2,5-8,11,13-15H,3H2,1H3,(H,9,12);1,3-6,9-12H,2,7H2/t5-,6+,7+,8-;3-,4+,5+,6-/m00/s1. The molecule has 0 aromatic rings. The molecule has 0 aliphatic rings. The quantitative estimate of drug-likeness (QED) is 0.145. The second-order valence-corrected chi connectivity index (χ2v) is 5.54. The molecule has 0 unspecified atom stereocenters. The van der Waals surface area contributed by atoms with E-state index in [-0.39, 0.29) is 12.6 Å². The molecule has 0 heterocycles. The van der Waals surface area contributed by atoms with Crippen molar-refractivity contribution in [3.8, 4) is 0 Å². The molecular weight excluding hydrogens is 372 g/mol. The van der Waals surface area contributed by atoms with E-state index in [4.69, 9.17) is 36.4 Å². The number of carbonyl (C=O) groups excluding carboxylic acids is 3. The summed E-state index contributed by atoms with van der Waals surface area (Å²) in [6.45, 7) is -0.328. The van der Waals surface area contributed by atoms with Gasteiger partial charge in [0.2, 0.25) is 5.91 Å². The van der Waals surface area contributed by atoms with E-state index in [0.29, 0.717) is 0 Å². The van der Waals surface area contributed by atoms with Gasteiger partial charge in [-0.05, 0) is 0 Å². The Morgan fingerprint density at radius 3 is 1.56 bits per heavy atom. The lowest BCUT2D eigenvalue weighted by Crippen LogP contribution is -2.53. The summed E-state index contributed by atoms with van der Waals surface area (Å²) in [6.07, 6.45) is -9.15. The summed E-state index contributed by atoms with van der Waals surface area (Å²) in [4.78, 5) is 31.1.